The molecule has 0 saturated carbocycles. The molecule has 2 aromatic carbocycles. The number of hydrogen-bond donors (Lipinski definition) is 0. The van der Waals surface area contributed by atoms with E-state index in [1.54, 1.807) is 18.1 Å². The van der Waals surface area contributed by atoms with Crippen LogP contribution >= 0.6 is 0 Å². The zero-order valence-electron chi connectivity index (χ0n) is 18.8. The molecule has 4 nitrogen and oxygen atoms in total. The highest BCUT2D eigenvalue weighted by molar-refractivity contribution is 5.91. The highest BCUT2D eigenvalue weighted by atomic mass is 16.5. The first-order chi connectivity index (χ1) is 14.3. The zero-order chi connectivity index (χ0) is 21.8. The summed E-state index contributed by atoms with van der Waals surface area (Å²) >= 11 is 0. The smallest absolute Gasteiger partial charge is 0.289 e. The van der Waals surface area contributed by atoms with Gasteiger partial charge < -0.3 is 14.1 Å². The van der Waals surface area contributed by atoms with Gasteiger partial charge in [0.25, 0.3) is 5.91 Å². The van der Waals surface area contributed by atoms with E-state index in [-0.39, 0.29) is 11.9 Å². The minimum atomic E-state index is -0.110. The van der Waals surface area contributed by atoms with Crippen LogP contribution in [0.1, 0.15) is 51.1 Å². The maximum absolute atomic E-state index is 13.0. The second kappa shape index (κ2) is 9.21. The standard InChI is InChI=1S/C26H31NO3/c1-17-13-18(2)23(19(3)14-17)16-22-11-12-25(30-22)26(28)27(5)20(4)15-21-9-7-8-10-24(21)29-6/h7-14,20H,15-16H2,1-6H3. The van der Waals surface area contributed by atoms with Crippen molar-refractivity contribution in [1.29, 1.82) is 0 Å². The molecule has 30 heavy (non-hydrogen) atoms. The van der Waals surface area contributed by atoms with E-state index in [1.807, 2.05) is 44.3 Å². The van der Waals surface area contributed by atoms with Crippen molar-refractivity contribution in [2.45, 2.75) is 46.6 Å². The number of likely N-dealkylation sites (N-methyl/N-ethyl adjacent to an activating group) is 1. The average molecular weight is 406 g/mol. The molecule has 1 unspecified atom stereocenters. The van der Waals surface area contributed by atoms with Gasteiger partial charge in [-0.15, -0.1) is 0 Å². The van der Waals surface area contributed by atoms with Crippen molar-refractivity contribution < 1.29 is 13.9 Å². The van der Waals surface area contributed by atoms with Gasteiger partial charge in [-0.05, 0) is 74.6 Å². The number of rotatable bonds is 7. The molecule has 1 aromatic heterocycles. The fraction of sp³-hybridized carbons (Fsp3) is 0.346. The third kappa shape index (κ3) is 4.76. The largest absolute Gasteiger partial charge is 0.496 e. The third-order valence-corrected chi connectivity index (χ3v) is 5.75. The van der Waals surface area contributed by atoms with E-state index in [0.717, 1.165) is 17.1 Å². The van der Waals surface area contributed by atoms with Crippen molar-refractivity contribution in [3.05, 3.63) is 87.9 Å². The molecule has 0 aliphatic rings. The molecule has 3 aromatic rings. The van der Waals surface area contributed by atoms with Crippen LogP contribution in [0.25, 0.3) is 0 Å². The lowest BCUT2D eigenvalue weighted by Crippen LogP contribution is -2.36. The molecule has 158 valence electrons. The van der Waals surface area contributed by atoms with Crippen LogP contribution in [0.4, 0.5) is 0 Å². The molecule has 0 radical (unpaired) electrons. The van der Waals surface area contributed by atoms with Crippen LogP contribution in [-0.2, 0) is 12.8 Å². The Kier molecular flexibility index (Phi) is 6.66. The number of ether oxygens (including phenoxy) is 1. The van der Waals surface area contributed by atoms with E-state index >= 15 is 0 Å². The second-order valence-corrected chi connectivity index (χ2v) is 8.10. The molecule has 0 spiro atoms. The summed E-state index contributed by atoms with van der Waals surface area (Å²) in [5.74, 6) is 1.91. The number of hydrogen-bond acceptors (Lipinski definition) is 3. The van der Waals surface area contributed by atoms with Gasteiger partial charge in [-0.2, -0.15) is 0 Å². The maximum Gasteiger partial charge on any atom is 0.289 e. The Labute approximate surface area is 179 Å². The predicted molar refractivity (Wildman–Crippen MR) is 120 cm³/mol. The fourth-order valence-corrected chi connectivity index (χ4v) is 3.95. The summed E-state index contributed by atoms with van der Waals surface area (Å²) in [6.45, 7) is 8.39. The molecule has 0 bridgehead atoms. The summed E-state index contributed by atoms with van der Waals surface area (Å²) in [6.07, 6.45) is 1.40. The lowest BCUT2D eigenvalue weighted by atomic mass is 9.97. The monoisotopic (exact) mass is 405 g/mol. The van der Waals surface area contributed by atoms with Crippen molar-refractivity contribution in [2.24, 2.45) is 0 Å². The van der Waals surface area contributed by atoms with Crippen LogP contribution in [0, 0.1) is 20.8 Å². The summed E-state index contributed by atoms with van der Waals surface area (Å²) in [5.41, 5.74) is 6.10. The van der Waals surface area contributed by atoms with Crippen LogP contribution in [0.15, 0.2) is 52.9 Å². The molecule has 4 heteroatoms. The van der Waals surface area contributed by atoms with E-state index in [2.05, 4.69) is 32.9 Å². The van der Waals surface area contributed by atoms with Gasteiger partial charge in [0.1, 0.15) is 11.5 Å². The van der Waals surface area contributed by atoms with E-state index in [9.17, 15) is 4.79 Å². The number of amides is 1. The molecular formula is C26H31NO3. The Hall–Kier alpha value is -3.01. The quantitative estimate of drug-likeness (QED) is 0.521. The molecule has 0 saturated heterocycles. The lowest BCUT2D eigenvalue weighted by Gasteiger charge is -2.24. The van der Waals surface area contributed by atoms with Gasteiger partial charge in [0.2, 0.25) is 0 Å². The van der Waals surface area contributed by atoms with Crippen LogP contribution in [0.3, 0.4) is 0 Å². The normalized spacial score (nSPS) is 11.9. The Morgan fingerprint density at radius 2 is 1.73 bits per heavy atom. The predicted octanol–water partition coefficient (Wildman–Crippen LogP) is 5.51. The van der Waals surface area contributed by atoms with Crippen molar-refractivity contribution in [3.63, 3.8) is 0 Å². The number of benzene rings is 2. The highest BCUT2D eigenvalue weighted by Crippen LogP contribution is 2.23. The molecule has 0 fully saturated rings. The highest BCUT2D eigenvalue weighted by Gasteiger charge is 2.22. The Morgan fingerprint density at radius 3 is 2.40 bits per heavy atom. The molecule has 0 aliphatic heterocycles. The van der Waals surface area contributed by atoms with E-state index in [1.165, 1.54) is 22.3 Å². The van der Waals surface area contributed by atoms with Crippen LogP contribution in [0.5, 0.6) is 5.75 Å². The first-order valence-corrected chi connectivity index (χ1v) is 10.3. The van der Waals surface area contributed by atoms with Crippen molar-refractivity contribution >= 4 is 5.91 Å². The fourth-order valence-electron chi connectivity index (χ4n) is 3.95. The first kappa shape index (κ1) is 21.7. The topological polar surface area (TPSA) is 42.7 Å². The molecule has 1 atom stereocenters. The van der Waals surface area contributed by atoms with E-state index < -0.39 is 0 Å². The molecular weight excluding hydrogens is 374 g/mol. The summed E-state index contributed by atoms with van der Waals surface area (Å²) < 4.78 is 11.4. The Balaban J connectivity index is 1.71. The van der Waals surface area contributed by atoms with Gasteiger partial charge in [-0.25, -0.2) is 0 Å². The number of carbonyl (C=O) groups is 1. The Morgan fingerprint density at radius 1 is 1.07 bits per heavy atom. The number of carbonyl (C=O) groups excluding carboxylic acids is 1. The van der Waals surface area contributed by atoms with Crippen molar-refractivity contribution in [1.82, 2.24) is 4.90 Å². The zero-order valence-corrected chi connectivity index (χ0v) is 18.8. The summed E-state index contributed by atoms with van der Waals surface area (Å²) in [5, 5.41) is 0. The van der Waals surface area contributed by atoms with Crippen molar-refractivity contribution in [2.75, 3.05) is 14.2 Å². The van der Waals surface area contributed by atoms with Crippen LogP contribution in [-0.4, -0.2) is 31.0 Å². The molecule has 1 heterocycles. The Bertz CT molecular complexity index is 1010. The van der Waals surface area contributed by atoms with Gasteiger partial charge in [0.15, 0.2) is 5.76 Å². The van der Waals surface area contributed by atoms with Crippen LogP contribution in [0.2, 0.25) is 0 Å². The number of nitrogens with zero attached hydrogens (tertiary/aromatic N) is 1. The summed E-state index contributed by atoms with van der Waals surface area (Å²) in [7, 11) is 3.49. The minimum Gasteiger partial charge on any atom is -0.496 e. The van der Waals surface area contributed by atoms with Gasteiger partial charge in [-0.3, -0.25) is 4.79 Å². The van der Waals surface area contributed by atoms with Crippen LogP contribution < -0.4 is 4.74 Å². The number of aryl methyl sites for hydroxylation is 3. The second-order valence-electron chi connectivity index (χ2n) is 8.10. The molecule has 0 aliphatic carbocycles. The summed E-state index contributed by atoms with van der Waals surface area (Å²) in [4.78, 5) is 14.7. The maximum atomic E-state index is 13.0. The molecule has 3 rings (SSSR count). The number of furan rings is 1. The first-order valence-electron chi connectivity index (χ1n) is 10.3. The van der Waals surface area contributed by atoms with E-state index in [4.69, 9.17) is 9.15 Å². The SMILES string of the molecule is COc1ccccc1CC(C)N(C)C(=O)c1ccc(Cc2c(C)cc(C)cc2C)o1. The minimum absolute atomic E-state index is 0.00365. The van der Waals surface area contributed by atoms with Gasteiger partial charge in [0.05, 0.1) is 7.11 Å². The molecule has 0 N–H and O–H groups in total. The van der Waals surface area contributed by atoms with Crippen molar-refractivity contribution in [3.8, 4) is 5.75 Å². The number of methoxy groups -OCH3 is 1. The average Bonchev–Trinajstić information content (AvgIpc) is 3.18. The lowest BCUT2D eigenvalue weighted by molar-refractivity contribution is 0.0709. The third-order valence-electron chi connectivity index (χ3n) is 5.75. The van der Waals surface area contributed by atoms with E-state index in [0.29, 0.717) is 18.6 Å². The van der Waals surface area contributed by atoms with Gasteiger partial charge in [0, 0.05) is 19.5 Å². The molecule has 1 amide bonds. The number of para-hydroxylation sites is 1. The summed E-state index contributed by atoms with van der Waals surface area (Å²) in [6, 6.07) is 16.0. The van der Waals surface area contributed by atoms with Gasteiger partial charge >= 0.3 is 0 Å². The van der Waals surface area contributed by atoms with Gasteiger partial charge in [-0.1, -0.05) is 35.9 Å².